The SMILES string of the molecule is Cc1ccc(C)c(OCc2c(CN)nnn2CCCO)c1. The van der Waals surface area contributed by atoms with Gasteiger partial charge < -0.3 is 15.6 Å². The molecule has 21 heavy (non-hydrogen) atoms. The normalized spacial score (nSPS) is 10.9. The molecule has 0 spiro atoms. The Labute approximate surface area is 124 Å². The summed E-state index contributed by atoms with van der Waals surface area (Å²) < 4.78 is 7.66. The van der Waals surface area contributed by atoms with E-state index < -0.39 is 0 Å². The number of aliphatic hydroxyl groups excluding tert-OH is 1. The third kappa shape index (κ3) is 3.80. The first-order valence-corrected chi connectivity index (χ1v) is 7.08. The molecule has 3 N–H and O–H groups in total. The van der Waals surface area contributed by atoms with Crippen LogP contribution >= 0.6 is 0 Å². The molecule has 0 amide bonds. The zero-order valence-corrected chi connectivity index (χ0v) is 12.5. The van der Waals surface area contributed by atoms with E-state index in [1.807, 2.05) is 26.0 Å². The lowest BCUT2D eigenvalue weighted by Crippen LogP contribution is -2.12. The lowest BCUT2D eigenvalue weighted by Gasteiger charge is -2.12. The molecule has 2 aromatic rings. The second-order valence-corrected chi connectivity index (χ2v) is 5.04. The fourth-order valence-electron chi connectivity index (χ4n) is 2.09. The molecule has 0 saturated carbocycles. The summed E-state index contributed by atoms with van der Waals surface area (Å²) in [6.07, 6.45) is 0.629. The maximum atomic E-state index is 8.94. The van der Waals surface area contributed by atoms with Gasteiger partial charge in [0.05, 0.1) is 0 Å². The number of hydrogen-bond donors (Lipinski definition) is 2. The molecule has 1 heterocycles. The number of aliphatic hydroxyl groups is 1. The third-order valence-corrected chi connectivity index (χ3v) is 3.35. The molecule has 0 radical (unpaired) electrons. The van der Waals surface area contributed by atoms with Crippen molar-refractivity contribution in [2.24, 2.45) is 5.73 Å². The fourth-order valence-corrected chi connectivity index (χ4v) is 2.09. The molecule has 1 aromatic heterocycles. The topological polar surface area (TPSA) is 86.2 Å². The van der Waals surface area contributed by atoms with E-state index in [1.54, 1.807) is 4.68 Å². The van der Waals surface area contributed by atoms with Crippen molar-refractivity contribution in [1.29, 1.82) is 0 Å². The highest BCUT2D eigenvalue weighted by Gasteiger charge is 2.13. The summed E-state index contributed by atoms with van der Waals surface area (Å²) >= 11 is 0. The Morgan fingerprint density at radius 2 is 2.14 bits per heavy atom. The van der Waals surface area contributed by atoms with Crippen molar-refractivity contribution in [3.8, 4) is 5.75 Å². The predicted octanol–water partition coefficient (Wildman–Crippen LogP) is 1.32. The number of aromatic nitrogens is 3. The Morgan fingerprint density at radius 1 is 1.33 bits per heavy atom. The van der Waals surface area contributed by atoms with Crippen LogP contribution in [-0.4, -0.2) is 26.7 Å². The zero-order chi connectivity index (χ0) is 15.2. The molecular weight excluding hydrogens is 268 g/mol. The fraction of sp³-hybridized carbons (Fsp3) is 0.467. The summed E-state index contributed by atoms with van der Waals surface area (Å²) in [7, 11) is 0. The van der Waals surface area contributed by atoms with Gasteiger partial charge in [-0.2, -0.15) is 0 Å². The highest BCUT2D eigenvalue weighted by atomic mass is 16.5. The van der Waals surface area contributed by atoms with Gasteiger partial charge in [0, 0.05) is 19.7 Å². The summed E-state index contributed by atoms with van der Waals surface area (Å²) in [6.45, 7) is 5.47. The molecule has 0 aliphatic rings. The van der Waals surface area contributed by atoms with Crippen molar-refractivity contribution in [1.82, 2.24) is 15.0 Å². The van der Waals surface area contributed by atoms with E-state index in [1.165, 1.54) is 0 Å². The quantitative estimate of drug-likeness (QED) is 0.803. The van der Waals surface area contributed by atoms with Gasteiger partial charge in [-0.15, -0.1) is 5.10 Å². The van der Waals surface area contributed by atoms with Crippen LogP contribution in [-0.2, 0) is 19.7 Å². The smallest absolute Gasteiger partial charge is 0.132 e. The van der Waals surface area contributed by atoms with E-state index in [9.17, 15) is 0 Å². The Morgan fingerprint density at radius 3 is 2.86 bits per heavy atom. The molecule has 0 aliphatic heterocycles. The molecule has 1 aromatic carbocycles. The Balaban J connectivity index is 2.14. The minimum absolute atomic E-state index is 0.120. The second kappa shape index (κ2) is 7.19. The predicted molar refractivity (Wildman–Crippen MR) is 79.9 cm³/mol. The minimum atomic E-state index is 0.120. The van der Waals surface area contributed by atoms with Crippen LogP contribution in [0.1, 0.15) is 28.9 Å². The number of nitrogens with two attached hydrogens (primary N) is 1. The Kier molecular flexibility index (Phi) is 5.30. The monoisotopic (exact) mass is 290 g/mol. The lowest BCUT2D eigenvalue weighted by molar-refractivity contribution is 0.264. The van der Waals surface area contributed by atoms with E-state index in [2.05, 4.69) is 16.4 Å². The summed E-state index contributed by atoms with van der Waals surface area (Å²) in [5, 5.41) is 17.1. The highest BCUT2D eigenvalue weighted by Crippen LogP contribution is 2.21. The van der Waals surface area contributed by atoms with Gasteiger partial charge in [0.25, 0.3) is 0 Å². The van der Waals surface area contributed by atoms with Crippen molar-refractivity contribution >= 4 is 0 Å². The molecule has 0 aliphatic carbocycles. The van der Waals surface area contributed by atoms with Crippen LogP contribution in [0.2, 0.25) is 0 Å². The number of hydrogen-bond acceptors (Lipinski definition) is 5. The molecule has 6 heteroatoms. The van der Waals surface area contributed by atoms with Gasteiger partial charge in [-0.25, -0.2) is 4.68 Å². The van der Waals surface area contributed by atoms with Crippen molar-refractivity contribution in [3.63, 3.8) is 0 Å². The Bertz CT molecular complexity index is 595. The summed E-state index contributed by atoms with van der Waals surface area (Å²) in [5.74, 6) is 0.855. The number of ether oxygens (including phenoxy) is 1. The lowest BCUT2D eigenvalue weighted by atomic mass is 10.1. The van der Waals surface area contributed by atoms with Gasteiger partial charge in [0.2, 0.25) is 0 Å². The average Bonchev–Trinajstić information content (AvgIpc) is 2.88. The van der Waals surface area contributed by atoms with Crippen LogP contribution in [0.3, 0.4) is 0 Å². The number of rotatable bonds is 7. The first-order chi connectivity index (χ1) is 10.2. The number of aryl methyl sites for hydroxylation is 3. The van der Waals surface area contributed by atoms with E-state index in [-0.39, 0.29) is 6.61 Å². The highest BCUT2D eigenvalue weighted by molar-refractivity contribution is 5.36. The van der Waals surface area contributed by atoms with Crippen LogP contribution in [0.15, 0.2) is 18.2 Å². The molecule has 2 rings (SSSR count). The second-order valence-electron chi connectivity index (χ2n) is 5.04. The average molecular weight is 290 g/mol. The summed E-state index contributed by atoms with van der Waals surface area (Å²) in [4.78, 5) is 0. The van der Waals surface area contributed by atoms with Crippen molar-refractivity contribution < 1.29 is 9.84 Å². The van der Waals surface area contributed by atoms with Crippen LogP contribution in [0.4, 0.5) is 0 Å². The van der Waals surface area contributed by atoms with Crippen molar-refractivity contribution in [2.45, 2.75) is 40.0 Å². The van der Waals surface area contributed by atoms with Crippen LogP contribution in [0.25, 0.3) is 0 Å². The molecule has 0 saturated heterocycles. The largest absolute Gasteiger partial charge is 0.487 e. The van der Waals surface area contributed by atoms with E-state index in [4.69, 9.17) is 15.6 Å². The van der Waals surface area contributed by atoms with Crippen molar-refractivity contribution in [2.75, 3.05) is 6.61 Å². The summed E-state index contributed by atoms with van der Waals surface area (Å²) in [5.41, 5.74) is 9.54. The van der Waals surface area contributed by atoms with Gasteiger partial charge in [-0.3, -0.25) is 0 Å². The van der Waals surface area contributed by atoms with Crippen LogP contribution in [0.5, 0.6) is 5.75 Å². The number of benzene rings is 1. The molecular formula is C15H22N4O2. The first kappa shape index (κ1) is 15.5. The molecule has 0 unspecified atom stereocenters. The van der Waals surface area contributed by atoms with E-state index in [0.29, 0.717) is 26.1 Å². The third-order valence-electron chi connectivity index (χ3n) is 3.35. The molecule has 6 nitrogen and oxygen atoms in total. The van der Waals surface area contributed by atoms with Crippen LogP contribution < -0.4 is 10.5 Å². The first-order valence-electron chi connectivity index (χ1n) is 7.08. The molecule has 0 atom stereocenters. The maximum absolute atomic E-state index is 8.94. The molecule has 0 bridgehead atoms. The zero-order valence-electron chi connectivity index (χ0n) is 12.5. The van der Waals surface area contributed by atoms with Gasteiger partial charge in [0.15, 0.2) is 0 Å². The standard InChI is InChI=1S/C15H22N4O2/c1-11-4-5-12(2)15(8-11)21-10-14-13(9-16)17-18-19(14)6-3-7-20/h4-5,8,20H,3,6-7,9-10,16H2,1-2H3. The van der Waals surface area contributed by atoms with Gasteiger partial charge in [-0.1, -0.05) is 17.3 Å². The summed E-state index contributed by atoms with van der Waals surface area (Å²) in [6, 6.07) is 6.11. The molecule has 114 valence electrons. The van der Waals surface area contributed by atoms with E-state index >= 15 is 0 Å². The van der Waals surface area contributed by atoms with Gasteiger partial charge in [-0.05, 0) is 37.5 Å². The minimum Gasteiger partial charge on any atom is -0.487 e. The van der Waals surface area contributed by atoms with Gasteiger partial charge >= 0.3 is 0 Å². The van der Waals surface area contributed by atoms with Crippen LogP contribution in [0, 0.1) is 13.8 Å². The van der Waals surface area contributed by atoms with E-state index in [0.717, 1.165) is 28.3 Å². The maximum Gasteiger partial charge on any atom is 0.132 e. The Hall–Kier alpha value is -1.92. The number of nitrogens with zero attached hydrogens (tertiary/aromatic N) is 3. The van der Waals surface area contributed by atoms with Crippen molar-refractivity contribution in [3.05, 3.63) is 40.7 Å². The molecule has 0 fully saturated rings. The van der Waals surface area contributed by atoms with Gasteiger partial charge in [0.1, 0.15) is 23.7 Å².